The van der Waals surface area contributed by atoms with E-state index in [1.54, 1.807) is 11.3 Å². The van der Waals surface area contributed by atoms with Gasteiger partial charge >= 0.3 is 0 Å². The number of fused-ring (bicyclic) bond motifs is 3. The monoisotopic (exact) mass is 440 g/mol. The van der Waals surface area contributed by atoms with Crippen LogP contribution in [0.5, 0.6) is 0 Å². The predicted octanol–water partition coefficient (Wildman–Crippen LogP) is 5.50. The highest BCUT2D eigenvalue weighted by atomic mass is 35.5. The summed E-state index contributed by atoms with van der Waals surface area (Å²) in [5.74, 6) is 0.564. The molecule has 0 amide bonds. The number of aromatic nitrogens is 4. The molecule has 0 saturated carbocycles. The van der Waals surface area contributed by atoms with Crippen LogP contribution in [0.3, 0.4) is 0 Å². The Kier molecular flexibility index (Phi) is 5.87. The van der Waals surface area contributed by atoms with Crippen molar-refractivity contribution in [1.82, 2.24) is 19.1 Å². The molecule has 4 rings (SSSR count). The minimum atomic E-state index is 0.0993. The first-order valence-electron chi connectivity index (χ1n) is 9.26. The summed E-state index contributed by atoms with van der Waals surface area (Å²) in [7, 11) is 0. The predicted molar refractivity (Wildman–Crippen MR) is 115 cm³/mol. The summed E-state index contributed by atoms with van der Waals surface area (Å²) in [6.45, 7) is 4.19. The van der Waals surface area contributed by atoms with E-state index in [1.165, 1.54) is 46.6 Å². The summed E-state index contributed by atoms with van der Waals surface area (Å²) < 4.78 is 6.36. The molecule has 0 spiro atoms. The molecule has 0 N–H and O–H groups in total. The average Bonchev–Trinajstić information content (AvgIpc) is 3.14. The topological polar surface area (TPSA) is 60.7 Å². The van der Waals surface area contributed by atoms with Gasteiger partial charge in [-0.2, -0.15) is 0 Å². The van der Waals surface area contributed by atoms with Crippen LogP contribution in [0.15, 0.2) is 9.95 Å². The molecule has 1 aliphatic carbocycles. The van der Waals surface area contributed by atoms with Gasteiger partial charge in [0.05, 0.1) is 5.39 Å². The Labute approximate surface area is 175 Å². The fourth-order valence-electron chi connectivity index (χ4n) is 3.46. The second kappa shape index (κ2) is 8.19. The van der Waals surface area contributed by atoms with Crippen molar-refractivity contribution in [3.8, 4) is 0 Å². The lowest BCUT2D eigenvalue weighted by Gasteiger charge is -2.17. The van der Waals surface area contributed by atoms with E-state index in [9.17, 15) is 4.79 Å². The lowest BCUT2D eigenvalue weighted by molar-refractivity contribution is 0.468. The zero-order valence-electron chi connectivity index (χ0n) is 15.3. The van der Waals surface area contributed by atoms with Gasteiger partial charge in [-0.05, 0) is 44.6 Å². The molecule has 3 heterocycles. The highest BCUT2D eigenvalue weighted by Gasteiger charge is 2.23. The summed E-state index contributed by atoms with van der Waals surface area (Å²) in [6.07, 6.45) is 6.56. The summed E-state index contributed by atoms with van der Waals surface area (Å²) in [4.78, 5) is 20.7. The van der Waals surface area contributed by atoms with E-state index in [0.29, 0.717) is 10.1 Å². The number of thioether (sulfide) groups is 1. The molecule has 0 bridgehead atoms. The lowest BCUT2D eigenvalue weighted by atomic mass is 10.1. The first kappa shape index (κ1) is 19.4. The molecule has 27 heavy (non-hydrogen) atoms. The van der Waals surface area contributed by atoms with Gasteiger partial charge in [-0.3, -0.25) is 9.36 Å². The van der Waals surface area contributed by atoms with Gasteiger partial charge in [0.15, 0.2) is 5.16 Å². The molecular weight excluding hydrogens is 420 g/mol. The normalized spacial score (nSPS) is 15.7. The van der Waals surface area contributed by atoms with E-state index in [-0.39, 0.29) is 11.6 Å². The van der Waals surface area contributed by atoms with Crippen LogP contribution in [0, 0.1) is 0 Å². The van der Waals surface area contributed by atoms with Gasteiger partial charge in [0.25, 0.3) is 5.56 Å². The van der Waals surface area contributed by atoms with Crippen molar-refractivity contribution in [1.29, 1.82) is 0 Å². The molecule has 0 aromatic carbocycles. The second-order valence-corrected chi connectivity index (χ2v) is 10.2. The Bertz CT molecular complexity index is 1030. The minimum Gasteiger partial charge on any atom is -0.284 e. The second-order valence-electron chi connectivity index (χ2n) is 6.85. The molecule has 3 aromatic heterocycles. The largest absolute Gasteiger partial charge is 0.284 e. The molecule has 9 heteroatoms. The number of hydrogen-bond donors (Lipinski definition) is 0. The Morgan fingerprint density at radius 1 is 1.30 bits per heavy atom. The molecule has 1 unspecified atom stereocenters. The van der Waals surface area contributed by atoms with E-state index < -0.39 is 0 Å². The van der Waals surface area contributed by atoms with Crippen LogP contribution in [-0.2, 0) is 18.6 Å². The summed E-state index contributed by atoms with van der Waals surface area (Å²) in [5, 5.41) is 5.69. The highest BCUT2D eigenvalue weighted by Crippen LogP contribution is 2.35. The zero-order chi connectivity index (χ0) is 19.0. The lowest BCUT2D eigenvalue weighted by Crippen LogP contribution is -2.26. The van der Waals surface area contributed by atoms with Crippen LogP contribution in [0.4, 0.5) is 0 Å². The van der Waals surface area contributed by atoms with Gasteiger partial charge in [0.1, 0.15) is 14.9 Å². The summed E-state index contributed by atoms with van der Waals surface area (Å²) in [5.41, 5.74) is 2.11. The minimum absolute atomic E-state index is 0.0993. The van der Waals surface area contributed by atoms with Crippen molar-refractivity contribution in [2.24, 2.45) is 0 Å². The van der Waals surface area contributed by atoms with Crippen molar-refractivity contribution in [3.05, 3.63) is 30.8 Å². The van der Waals surface area contributed by atoms with E-state index in [0.717, 1.165) is 46.8 Å². The van der Waals surface area contributed by atoms with Gasteiger partial charge in [-0.25, -0.2) is 4.98 Å². The maximum Gasteiger partial charge on any atom is 0.263 e. The SMILES string of the molecule is CCC(C)n1c(SCc2nnsc2Cl)nc2sc3c(c2c1=O)CCCCC3. The van der Waals surface area contributed by atoms with Crippen LogP contribution >= 0.6 is 46.2 Å². The fraction of sp³-hybridized carbons (Fsp3) is 0.556. The Balaban J connectivity index is 1.82. The Morgan fingerprint density at radius 2 is 2.11 bits per heavy atom. The van der Waals surface area contributed by atoms with E-state index in [4.69, 9.17) is 16.6 Å². The number of thiophene rings is 1. The van der Waals surface area contributed by atoms with Crippen molar-refractivity contribution < 1.29 is 0 Å². The number of nitrogens with zero attached hydrogens (tertiary/aromatic N) is 4. The first-order valence-corrected chi connectivity index (χ1v) is 12.2. The number of hydrogen-bond acceptors (Lipinski definition) is 7. The van der Waals surface area contributed by atoms with Crippen molar-refractivity contribution in [2.75, 3.05) is 0 Å². The molecule has 3 aromatic rings. The van der Waals surface area contributed by atoms with E-state index >= 15 is 0 Å². The third-order valence-corrected chi connectivity index (χ3v) is 8.25. The van der Waals surface area contributed by atoms with Gasteiger partial charge < -0.3 is 0 Å². The van der Waals surface area contributed by atoms with Crippen molar-refractivity contribution in [2.45, 2.75) is 69.3 Å². The van der Waals surface area contributed by atoms with Gasteiger partial charge in [-0.15, -0.1) is 16.4 Å². The molecule has 0 fully saturated rings. The van der Waals surface area contributed by atoms with Crippen LogP contribution < -0.4 is 5.56 Å². The molecule has 1 aliphatic rings. The van der Waals surface area contributed by atoms with Crippen molar-refractivity contribution >= 4 is 56.4 Å². The van der Waals surface area contributed by atoms with Gasteiger partial charge in [0.2, 0.25) is 0 Å². The molecule has 1 atom stereocenters. The Morgan fingerprint density at radius 3 is 2.85 bits per heavy atom. The number of aryl methyl sites for hydroxylation is 2. The third kappa shape index (κ3) is 3.69. The number of rotatable bonds is 5. The maximum absolute atomic E-state index is 13.5. The first-order chi connectivity index (χ1) is 13.1. The molecule has 0 radical (unpaired) electrons. The standard InChI is InChI=1S/C18H21ClN4OS3/c1-3-10(2)23-17(24)14-11-7-5-4-6-8-13(11)26-16(14)20-18(23)25-9-12-15(19)27-22-21-12/h10H,3-9H2,1-2H3. The molecule has 0 aliphatic heterocycles. The number of halogens is 1. The van der Waals surface area contributed by atoms with Gasteiger partial charge in [0, 0.05) is 28.2 Å². The maximum atomic E-state index is 13.5. The summed E-state index contributed by atoms with van der Waals surface area (Å²) >= 11 is 10.5. The van der Waals surface area contributed by atoms with Crippen LogP contribution in [0.1, 0.15) is 61.7 Å². The fourth-order valence-corrected chi connectivity index (χ4v) is 6.60. The molecule has 0 saturated heterocycles. The summed E-state index contributed by atoms with van der Waals surface area (Å²) in [6, 6.07) is 0.0993. The zero-order valence-corrected chi connectivity index (χ0v) is 18.5. The quantitative estimate of drug-likeness (QED) is 0.298. The van der Waals surface area contributed by atoms with Crippen LogP contribution in [0.25, 0.3) is 10.2 Å². The van der Waals surface area contributed by atoms with Gasteiger partial charge in [-0.1, -0.05) is 41.2 Å². The Hall–Kier alpha value is -0.960. The highest BCUT2D eigenvalue weighted by molar-refractivity contribution is 7.98. The van der Waals surface area contributed by atoms with Crippen molar-refractivity contribution in [3.63, 3.8) is 0 Å². The molecular formula is C18H21ClN4OS3. The van der Waals surface area contributed by atoms with E-state index in [2.05, 4.69) is 23.4 Å². The van der Waals surface area contributed by atoms with Crippen LogP contribution in [0.2, 0.25) is 4.34 Å². The third-order valence-electron chi connectivity index (χ3n) is 5.12. The van der Waals surface area contributed by atoms with E-state index in [1.807, 2.05) is 4.57 Å². The molecule has 144 valence electrons. The van der Waals surface area contributed by atoms with Crippen LogP contribution in [-0.4, -0.2) is 19.1 Å². The smallest absolute Gasteiger partial charge is 0.263 e. The average molecular weight is 441 g/mol. The molecule has 5 nitrogen and oxygen atoms in total.